The molecule has 0 saturated carbocycles. The summed E-state index contributed by atoms with van der Waals surface area (Å²) >= 11 is 4.15. The number of hydrogen-bond acceptors (Lipinski definition) is 4. The van der Waals surface area contributed by atoms with Crippen LogP contribution in [0.3, 0.4) is 0 Å². The fraction of sp³-hybridized carbons (Fsp3) is 1.00. The lowest BCUT2D eigenvalue weighted by Gasteiger charge is -2.16. The molecule has 0 aliphatic heterocycles. The normalized spacial score (nSPS) is 13.8. The summed E-state index contributed by atoms with van der Waals surface area (Å²) in [5, 5.41) is 0. The van der Waals surface area contributed by atoms with Gasteiger partial charge in [-0.3, -0.25) is 0 Å². The van der Waals surface area contributed by atoms with E-state index >= 15 is 0 Å². The zero-order valence-electron chi connectivity index (χ0n) is 7.95. The van der Waals surface area contributed by atoms with E-state index in [4.69, 9.17) is 13.0 Å². The molecule has 74 valence electrons. The Morgan fingerprint density at radius 2 is 1.83 bits per heavy atom. The quantitative estimate of drug-likeness (QED) is 0.511. The van der Waals surface area contributed by atoms with E-state index in [1.807, 2.05) is 0 Å². The molecule has 0 radical (unpaired) electrons. The molecule has 6 heteroatoms. The van der Waals surface area contributed by atoms with E-state index < -0.39 is 18.6 Å². The Bertz CT molecular complexity index is 103. The monoisotopic (exact) mass is 226 g/mol. The molecule has 0 rings (SSSR count). The summed E-state index contributed by atoms with van der Waals surface area (Å²) in [5.74, 6) is 0.937. The Hall–Kier alpha value is 0.664. The Morgan fingerprint density at radius 1 is 1.25 bits per heavy atom. The second kappa shape index (κ2) is 8.27. The molecule has 3 nitrogen and oxygen atoms in total. The zero-order valence-corrected chi connectivity index (χ0v) is 11.2. The molecule has 0 N–H and O–H groups in total. The fourth-order valence-electron chi connectivity index (χ4n) is 0.844. The van der Waals surface area contributed by atoms with Gasteiger partial charge in [0.15, 0.2) is 9.04 Å². The molecule has 0 bridgehead atoms. The predicted octanol–water partition coefficient (Wildman–Crippen LogP) is 0.686. The molecule has 1 unspecified atom stereocenters. The molecule has 0 aromatic carbocycles. The Balaban J connectivity index is 3.44. The first-order valence-electron chi connectivity index (χ1n) is 4.06. The molecule has 0 aliphatic carbocycles. The summed E-state index contributed by atoms with van der Waals surface area (Å²) in [6.07, 6.45) is 1.13. The summed E-state index contributed by atoms with van der Waals surface area (Å²) in [6, 6.07) is 1.15. The Labute approximate surface area is 83.5 Å². The van der Waals surface area contributed by atoms with Crippen molar-refractivity contribution in [2.75, 3.05) is 20.0 Å². The van der Waals surface area contributed by atoms with Gasteiger partial charge < -0.3 is 13.0 Å². The van der Waals surface area contributed by atoms with Crippen LogP contribution in [-0.2, 0) is 13.0 Å². The fourth-order valence-corrected chi connectivity index (χ4v) is 5.29. The predicted molar refractivity (Wildman–Crippen MR) is 58.5 cm³/mol. The highest BCUT2D eigenvalue weighted by Crippen LogP contribution is 2.02. The van der Waals surface area contributed by atoms with Crippen molar-refractivity contribution in [3.63, 3.8) is 0 Å². The Kier molecular flexibility index (Phi) is 8.73. The highest BCUT2D eigenvalue weighted by atomic mass is 32.1. The van der Waals surface area contributed by atoms with Gasteiger partial charge in [0.2, 0.25) is 0 Å². The van der Waals surface area contributed by atoms with Crippen molar-refractivity contribution in [1.82, 2.24) is 0 Å². The van der Waals surface area contributed by atoms with Crippen molar-refractivity contribution in [1.29, 1.82) is 0 Å². The smallest absolute Gasteiger partial charge is 0.421 e. The topological polar surface area (TPSA) is 27.7 Å². The molecular weight excluding hydrogens is 208 g/mol. The summed E-state index contributed by atoms with van der Waals surface area (Å²) in [4.78, 5) is 0. The molecule has 12 heavy (non-hydrogen) atoms. The van der Waals surface area contributed by atoms with Gasteiger partial charge in [-0.25, -0.2) is 0 Å². The third kappa shape index (κ3) is 6.21. The summed E-state index contributed by atoms with van der Waals surface area (Å²) in [6.45, 7) is 2.17. The average molecular weight is 226 g/mol. The van der Waals surface area contributed by atoms with Crippen LogP contribution in [0.15, 0.2) is 0 Å². The van der Waals surface area contributed by atoms with Crippen LogP contribution in [0.5, 0.6) is 0 Å². The van der Waals surface area contributed by atoms with Crippen molar-refractivity contribution < 1.29 is 13.0 Å². The van der Waals surface area contributed by atoms with E-state index in [-0.39, 0.29) is 0 Å². The molecule has 0 aromatic heterocycles. The van der Waals surface area contributed by atoms with Crippen LogP contribution in [0.2, 0.25) is 12.6 Å². The number of hydrogen-bond donors (Lipinski definition) is 1. The van der Waals surface area contributed by atoms with Gasteiger partial charge >= 0.3 is 9.53 Å². The first kappa shape index (κ1) is 12.7. The standard InChI is InChI=1S/C6H18O3SSi2/c1-7-12(8-2)9-11(3)6-4-5-10/h10-12H,4-6H2,1-3H3. The van der Waals surface area contributed by atoms with Crippen LogP contribution >= 0.6 is 12.6 Å². The maximum Gasteiger partial charge on any atom is 0.473 e. The third-order valence-corrected chi connectivity index (χ3v) is 6.55. The van der Waals surface area contributed by atoms with Gasteiger partial charge in [-0.2, -0.15) is 12.6 Å². The van der Waals surface area contributed by atoms with Crippen molar-refractivity contribution in [2.24, 2.45) is 0 Å². The van der Waals surface area contributed by atoms with Crippen LogP contribution in [0.4, 0.5) is 0 Å². The summed E-state index contributed by atoms with van der Waals surface area (Å²) in [7, 11) is 0.472. The highest BCUT2D eigenvalue weighted by Gasteiger charge is 2.15. The van der Waals surface area contributed by atoms with E-state index in [0.29, 0.717) is 0 Å². The van der Waals surface area contributed by atoms with Crippen molar-refractivity contribution in [3.8, 4) is 0 Å². The summed E-state index contributed by atoms with van der Waals surface area (Å²) in [5.41, 5.74) is 0. The van der Waals surface area contributed by atoms with Gasteiger partial charge in [-0.1, -0.05) is 0 Å². The second-order valence-electron chi connectivity index (χ2n) is 2.57. The maximum atomic E-state index is 5.65. The second-order valence-corrected chi connectivity index (χ2v) is 7.83. The first-order chi connectivity index (χ1) is 5.74. The maximum absolute atomic E-state index is 5.65. The SMILES string of the molecule is CO[SiH](OC)O[SiH](C)CCCS. The third-order valence-electron chi connectivity index (χ3n) is 1.50. The van der Waals surface area contributed by atoms with Crippen LogP contribution in [0, 0.1) is 0 Å². The van der Waals surface area contributed by atoms with Gasteiger partial charge in [-0.15, -0.1) is 0 Å². The molecular formula is C6H18O3SSi2. The lowest BCUT2D eigenvalue weighted by atomic mass is 10.6. The Morgan fingerprint density at radius 3 is 2.25 bits per heavy atom. The van der Waals surface area contributed by atoms with Crippen molar-refractivity contribution in [3.05, 3.63) is 0 Å². The lowest BCUT2D eigenvalue weighted by Crippen LogP contribution is -2.31. The zero-order chi connectivity index (χ0) is 9.40. The van der Waals surface area contributed by atoms with Crippen LogP contribution < -0.4 is 0 Å². The molecule has 0 aromatic rings. The molecule has 0 heterocycles. The van der Waals surface area contributed by atoms with Gasteiger partial charge in [0.1, 0.15) is 0 Å². The van der Waals surface area contributed by atoms with Gasteiger partial charge in [0.25, 0.3) is 0 Å². The minimum atomic E-state index is -1.76. The van der Waals surface area contributed by atoms with Crippen molar-refractivity contribution in [2.45, 2.75) is 19.0 Å². The van der Waals surface area contributed by atoms with Gasteiger partial charge in [0.05, 0.1) is 0 Å². The lowest BCUT2D eigenvalue weighted by molar-refractivity contribution is 0.202. The van der Waals surface area contributed by atoms with E-state index in [2.05, 4.69) is 19.2 Å². The molecule has 0 fully saturated rings. The number of thiol groups is 1. The van der Waals surface area contributed by atoms with E-state index in [0.717, 1.165) is 18.2 Å². The van der Waals surface area contributed by atoms with Gasteiger partial charge in [0, 0.05) is 14.2 Å². The van der Waals surface area contributed by atoms with Gasteiger partial charge in [-0.05, 0) is 24.8 Å². The molecule has 0 saturated heterocycles. The minimum Gasteiger partial charge on any atom is -0.421 e. The average Bonchev–Trinajstić information content (AvgIpc) is 2.10. The van der Waals surface area contributed by atoms with Crippen LogP contribution in [0.25, 0.3) is 0 Å². The summed E-state index contributed by atoms with van der Waals surface area (Å²) < 4.78 is 15.8. The van der Waals surface area contributed by atoms with Crippen LogP contribution in [-0.4, -0.2) is 38.5 Å². The largest absolute Gasteiger partial charge is 0.473 e. The molecule has 0 spiro atoms. The molecule has 0 aliphatic rings. The highest BCUT2D eigenvalue weighted by molar-refractivity contribution is 7.80. The van der Waals surface area contributed by atoms with Crippen LogP contribution in [0.1, 0.15) is 6.42 Å². The van der Waals surface area contributed by atoms with Crippen molar-refractivity contribution >= 4 is 31.2 Å². The molecule has 1 atom stereocenters. The number of rotatable bonds is 7. The van der Waals surface area contributed by atoms with E-state index in [9.17, 15) is 0 Å². The van der Waals surface area contributed by atoms with E-state index in [1.165, 1.54) is 0 Å². The minimum absolute atomic E-state index is 0.937. The van der Waals surface area contributed by atoms with E-state index in [1.54, 1.807) is 14.2 Å². The first-order valence-corrected chi connectivity index (χ1v) is 8.55. The molecule has 0 amide bonds.